The van der Waals surface area contributed by atoms with Crippen molar-refractivity contribution in [1.29, 1.82) is 0 Å². The summed E-state index contributed by atoms with van der Waals surface area (Å²) in [4.78, 5) is 20.0. The van der Waals surface area contributed by atoms with Crippen LogP contribution in [0.15, 0.2) is 12.4 Å². The number of imidazole rings is 1. The predicted octanol–water partition coefficient (Wildman–Crippen LogP) is 1.96. The number of hydrogen-bond acceptors (Lipinski definition) is 6. The fraction of sp³-hybridized carbons (Fsp3) is 0.625. The lowest BCUT2D eigenvalue weighted by molar-refractivity contribution is 0.0706. The van der Waals surface area contributed by atoms with Gasteiger partial charge in [-0.3, -0.25) is 4.79 Å². The minimum atomic E-state index is 0.0570. The summed E-state index contributed by atoms with van der Waals surface area (Å²) in [7, 11) is 1.70. The summed E-state index contributed by atoms with van der Waals surface area (Å²) in [5, 5.41) is 4.06. The largest absolute Gasteiger partial charge is 0.383 e. The summed E-state index contributed by atoms with van der Waals surface area (Å²) in [6.07, 6.45) is 6.58. The highest BCUT2D eigenvalue weighted by molar-refractivity contribution is 7.08. The van der Waals surface area contributed by atoms with Crippen molar-refractivity contribution in [3.8, 4) is 0 Å². The molecule has 1 unspecified atom stereocenters. The lowest BCUT2D eigenvalue weighted by atomic mass is 9.97. The van der Waals surface area contributed by atoms with Crippen LogP contribution in [0, 0.1) is 0 Å². The van der Waals surface area contributed by atoms with E-state index >= 15 is 0 Å². The first-order valence-corrected chi connectivity index (χ1v) is 9.12. The molecule has 0 radical (unpaired) electrons. The normalized spacial score (nSPS) is 18.1. The number of aryl methyl sites for hydroxylation is 1. The number of carbonyl (C=O) groups excluding carboxylic acids is 1. The van der Waals surface area contributed by atoms with Gasteiger partial charge in [0.15, 0.2) is 0 Å². The van der Waals surface area contributed by atoms with E-state index in [0.717, 1.165) is 43.9 Å². The van der Waals surface area contributed by atoms with E-state index in [4.69, 9.17) is 4.74 Å². The van der Waals surface area contributed by atoms with Crippen LogP contribution in [0.25, 0.3) is 0 Å². The molecule has 0 aliphatic carbocycles. The zero-order valence-electron chi connectivity index (χ0n) is 14.1. The van der Waals surface area contributed by atoms with Crippen LogP contribution in [0.5, 0.6) is 0 Å². The van der Waals surface area contributed by atoms with Gasteiger partial charge in [-0.25, -0.2) is 4.98 Å². The number of methoxy groups -OCH3 is 1. The third kappa shape index (κ3) is 3.49. The first-order valence-electron chi connectivity index (χ1n) is 8.35. The standard InChI is InChI=1S/C16H23N5O2S/c1-3-13-14(24-19-18-13)16(22)21-7-4-5-12(11-21)15-17-6-8-20(15)9-10-23-2/h6,8,12H,3-5,7,9-11H2,1-2H3. The van der Waals surface area contributed by atoms with Gasteiger partial charge in [-0.05, 0) is 30.8 Å². The molecule has 0 spiro atoms. The molecule has 1 aliphatic heterocycles. The Labute approximate surface area is 145 Å². The minimum Gasteiger partial charge on any atom is -0.383 e. The molecular formula is C16H23N5O2S. The molecule has 1 amide bonds. The maximum Gasteiger partial charge on any atom is 0.267 e. The van der Waals surface area contributed by atoms with Gasteiger partial charge in [-0.2, -0.15) is 0 Å². The van der Waals surface area contributed by atoms with Crippen LogP contribution < -0.4 is 0 Å². The average Bonchev–Trinajstić information content (AvgIpc) is 3.28. The van der Waals surface area contributed by atoms with Crippen molar-refractivity contribution in [2.45, 2.75) is 38.6 Å². The van der Waals surface area contributed by atoms with E-state index in [1.165, 1.54) is 11.5 Å². The van der Waals surface area contributed by atoms with Crippen LogP contribution in [0.1, 0.15) is 46.9 Å². The van der Waals surface area contributed by atoms with Gasteiger partial charge in [-0.15, -0.1) is 5.10 Å². The Balaban J connectivity index is 1.73. The molecule has 0 aromatic carbocycles. The molecule has 1 atom stereocenters. The molecule has 130 valence electrons. The van der Waals surface area contributed by atoms with Crippen LogP contribution in [0.4, 0.5) is 0 Å². The highest BCUT2D eigenvalue weighted by atomic mass is 32.1. The van der Waals surface area contributed by atoms with E-state index < -0.39 is 0 Å². The van der Waals surface area contributed by atoms with Crippen molar-refractivity contribution in [1.82, 2.24) is 24.0 Å². The van der Waals surface area contributed by atoms with Gasteiger partial charge in [0.2, 0.25) is 0 Å². The van der Waals surface area contributed by atoms with Gasteiger partial charge in [-0.1, -0.05) is 11.4 Å². The third-order valence-electron chi connectivity index (χ3n) is 4.44. The quantitative estimate of drug-likeness (QED) is 0.797. The number of likely N-dealkylation sites (tertiary alicyclic amines) is 1. The molecule has 0 bridgehead atoms. The summed E-state index contributed by atoms with van der Waals surface area (Å²) in [6.45, 7) is 4.93. The van der Waals surface area contributed by atoms with E-state index in [1.807, 2.05) is 24.2 Å². The molecule has 0 saturated carbocycles. The molecule has 1 saturated heterocycles. The first-order chi connectivity index (χ1) is 11.7. The number of aromatic nitrogens is 4. The number of carbonyl (C=O) groups is 1. The summed E-state index contributed by atoms with van der Waals surface area (Å²) >= 11 is 1.20. The second-order valence-corrected chi connectivity index (χ2v) is 6.72. The molecule has 3 rings (SSSR count). The van der Waals surface area contributed by atoms with Crippen molar-refractivity contribution in [2.75, 3.05) is 26.8 Å². The zero-order valence-corrected chi connectivity index (χ0v) is 15.0. The van der Waals surface area contributed by atoms with Crippen LogP contribution in [0.2, 0.25) is 0 Å². The highest BCUT2D eigenvalue weighted by Crippen LogP contribution is 2.27. The second kappa shape index (κ2) is 7.85. The number of ether oxygens (including phenoxy) is 1. The van der Waals surface area contributed by atoms with E-state index in [2.05, 4.69) is 19.1 Å². The third-order valence-corrected chi connectivity index (χ3v) is 5.20. The second-order valence-electron chi connectivity index (χ2n) is 5.96. The SMILES string of the molecule is CCc1nnsc1C(=O)N1CCCC(c2nccn2CCOC)C1. The van der Waals surface area contributed by atoms with Gasteiger partial charge >= 0.3 is 0 Å². The average molecular weight is 349 g/mol. The lowest BCUT2D eigenvalue weighted by Gasteiger charge is -2.32. The van der Waals surface area contributed by atoms with Crippen molar-refractivity contribution in [3.05, 3.63) is 28.8 Å². The van der Waals surface area contributed by atoms with Crippen LogP contribution >= 0.6 is 11.5 Å². The van der Waals surface area contributed by atoms with Gasteiger partial charge in [0.1, 0.15) is 10.7 Å². The van der Waals surface area contributed by atoms with Crippen LogP contribution in [-0.4, -0.2) is 56.8 Å². The van der Waals surface area contributed by atoms with Crippen molar-refractivity contribution in [3.63, 3.8) is 0 Å². The van der Waals surface area contributed by atoms with Crippen LogP contribution in [0.3, 0.4) is 0 Å². The van der Waals surface area contributed by atoms with E-state index in [9.17, 15) is 4.79 Å². The van der Waals surface area contributed by atoms with Crippen molar-refractivity contribution >= 4 is 17.4 Å². The molecule has 7 nitrogen and oxygen atoms in total. The zero-order chi connectivity index (χ0) is 16.9. The molecule has 0 N–H and O–H groups in total. The van der Waals surface area contributed by atoms with Crippen molar-refractivity contribution in [2.24, 2.45) is 0 Å². The molecular weight excluding hydrogens is 326 g/mol. The minimum absolute atomic E-state index is 0.0570. The molecule has 1 aliphatic rings. The molecule has 2 aromatic rings. The molecule has 8 heteroatoms. The van der Waals surface area contributed by atoms with Gasteiger partial charge in [0, 0.05) is 45.1 Å². The number of rotatable bonds is 6. The first kappa shape index (κ1) is 17.0. The Morgan fingerprint density at radius 3 is 3.17 bits per heavy atom. The molecule has 2 aromatic heterocycles. The summed E-state index contributed by atoms with van der Waals surface area (Å²) in [6, 6.07) is 0. The van der Waals surface area contributed by atoms with Gasteiger partial charge < -0.3 is 14.2 Å². The molecule has 1 fully saturated rings. The van der Waals surface area contributed by atoms with Gasteiger partial charge in [0.05, 0.1) is 12.3 Å². The van der Waals surface area contributed by atoms with Crippen LogP contribution in [-0.2, 0) is 17.7 Å². The Kier molecular flexibility index (Phi) is 5.57. The molecule has 24 heavy (non-hydrogen) atoms. The Hall–Kier alpha value is -1.80. The molecule has 3 heterocycles. The van der Waals surface area contributed by atoms with E-state index in [1.54, 1.807) is 7.11 Å². The fourth-order valence-electron chi connectivity index (χ4n) is 3.18. The Morgan fingerprint density at radius 2 is 2.38 bits per heavy atom. The number of nitrogens with zero attached hydrogens (tertiary/aromatic N) is 5. The number of hydrogen-bond donors (Lipinski definition) is 0. The van der Waals surface area contributed by atoms with E-state index in [-0.39, 0.29) is 11.8 Å². The number of amides is 1. The van der Waals surface area contributed by atoms with Crippen molar-refractivity contribution < 1.29 is 9.53 Å². The topological polar surface area (TPSA) is 73.1 Å². The lowest BCUT2D eigenvalue weighted by Crippen LogP contribution is -2.39. The fourth-order valence-corrected chi connectivity index (χ4v) is 3.90. The maximum atomic E-state index is 12.8. The summed E-state index contributed by atoms with van der Waals surface area (Å²) < 4.78 is 11.2. The summed E-state index contributed by atoms with van der Waals surface area (Å²) in [5.41, 5.74) is 0.800. The monoisotopic (exact) mass is 349 g/mol. The summed E-state index contributed by atoms with van der Waals surface area (Å²) in [5.74, 6) is 1.37. The van der Waals surface area contributed by atoms with Gasteiger partial charge in [0.25, 0.3) is 5.91 Å². The van der Waals surface area contributed by atoms with E-state index in [0.29, 0.717) is 18.0 Å². The Morgan fingerprint density at radius 1 is 1.50 bits per heavy atom. The Bertz CT molecular complexity index is 684. The smallest absolute Gasteiger partial charge is 0.267 e. The highest BCUT2D eigenvalue weighted by Gasteiger charge is 2.29. The maximum absolute atomic E-state index is 12.8. The predicted molar refractivity (Wildman–Crippen MR) is 91.3 cm³/mol. The number of piperidine rings is 1.